The summed E-state index contributed by atoms with van der Waals surface area (Å²) in [6.45, 7) is 18.5. The topological polar surface area (TPSA) is 0 Å². The summed E-state index contributed by atoms with van der Waals surface area (Å²) in [6.07, 6.45) is 27.7. The van der Waals surface area contributed by atoms with Crippen LogP contribution in [0.5, 0.6) is 0 Å². The van der Waals surface area contributed by atoms with E-state index in [-0.39, 0.29) is 10.8 Å². The van der Waals surface area contributed by atoms with Gasteiger partial charge in [0.05, 0.1) is 0 Å². The highest BCUT2D eigenvalue weighted by Crippen LogP contribution is 2.69. The van der Waals surface area contributed by atoms with Crippen LogP contribution >= 0.6 is 10.0 Å². The van der Waals surface area contributed by atoms with Gasteiger partial charge in [0.2, 0.25) is 0 Å². The van der Waals surface area contributed by atoms with Crippen LogP contribution in [0.1, 0.15) is 73.6 Å². The average Bonchev–Trinajstić information content (AvgIpc) is 3.36. The zero-order valence-electron chi connectivity index (χ0n) is 21.9. The fourth-order valence-corrected chi connectivity index (χ4v) is 12.2. The van der Waals surface area contributed by atoms with Crippen LogP contribution in [0.15, 0.2) is 60.3 Å². The van der Waals surface area contributed by atoms with Crippen molar-refractivity contribution in [3.05, 3.63) is 60.3 Å². The van der Waals surface area contributed by atoms with Gasteiger partial charge in [0, 0.05) is 5.25 Å². The SMILES string of the molecule is C=CCCS(C)(C1CCCC1)C1C2C=C(C(C)(C)C)C=CC2C2C=CC(C(C)(C)C)=CC21. The summed E-state index contributed by atoms with van der Waals surface area (Å²) >= 11 is 0. The molecule has 0 aromatic carbocycles. The predicted molar refractivity (Wildman–Crippen MR) is 147 cm³/mol. The number of hydrogen-bond acceptors (Lipinski definition) is 0. The third-order valence-corrected chi connectivity index (χ3v) is 14.0. The molecule has 0 spiro atoms. The lowest BCUT2D eigenvalue weighted by molar-refractivity contribution is 0.433. The number of fused-ring (bicyclic) bond motifs is 3. The zero-order valence-corrected chi connectivity index (χ0v) is 22.7. The van der Waals surface area contributed by atoms with Gasteiger partial charge in [-0.05, 0) is 82.2 Å². The Morgan fingerprint density at radius 1 is 0.844 bits per heavy atom. The molecule has 0 saturated heterocycles. The van der Waals surface area contributed by atoms with Crippen molar-refractivity contribution in [3.63, 3.8) is 0 Å². The lowest BCUT2D eigenvalue weighted by atomic mass is 9.74. The van der Waals surface area contributed by atoms with Gasteiger partial charge in [-0.3, -0.25) is 0 Å². The van der Waals surface area contributed by atoms with Crippen molar-refractivity contribution in [3.8, 4) is 0 Å². The molecule has 0 nitrogen and oxygen atoms in total. The van der Waals surface area contributed by atoms with Crippen LogP contribution < -0.4 is 0 Å². The molecule has 5 atom stereocenters. The molecule has 0 radical (unpaired) electrons. The number of hydrogen-bond donors (Lipinski definition) is 0. The first-order valence-electron chi connectivity index (χ1n) is 13.1. The molecule has 0 amide bonds. The van der Waals surface area contributed by atoms with E-state index in [1.54, 1.807) is 11.1 Å². The molecule has 1 heteroatoms. The third-order valence-electron chi connectivity index (χ3n) is 9.01. The van der Waals surface area contributed by atoms with E-state index < -0.39 is 10.0 Å². The minimum atomic E-state index is -0.765. The van der Waals surface area contributed by atoms with Crippen molar-refractivity contribution in [1.82, 2.24) is 0 Å². The van der Waals surface area contributed by atoms with Crippen molar-refractivity contribution in [2.45, 2.75) is 84.1 Å². The first-order valence-corrected chi connectivity index (χ1v) is 15.5. The summed E-state index contributed by atoms with van der Waals surface area (Å²) in [6, 6.07) is 0. The molecule has 0 aromatic rings. The molecule has 0 heterocycles. The lowest BCUT2D eigenvalue weighted by Crippen LogP contribution is -2.37. The van der Waals surface area contributed by atoms with Crippen LogP contribution in [0.25, 0.3) is 0 Å². The second-order valence-electron chi connectivity index (χ2n) is 13.2. The molecule has 0 aliphatic heterocycles. The first kappa shape index (κ1) is 24.2. The Morgan fingerprint density at radius 3 is 1.72 bits per heavy atom. The van der Waals surface area contributed by atoms with Gasteiger partial charge in [0.25, 0.3) is 0 Å². The molecule has 4 rings (SSSR count). The van der Waals surface area contributed by atoms with Crippen LogP contribution in [0.4, 0.5) is 0 Å². The highest BCUT2D eigenvalue weighted by atomic mass is 32.3. The van der Waals surface area contributed by atoms with Crippen molar-refractivity contribution in [2.24, 2.45) is 34.5 Å². The molecular weight excluding hydrogens is 404 g/mol. The minimum absolute atomic E-state index is 0.224. The molecule has 0 bridgehead atoms. The van der Waals surface area contributed by atoms with Gasteiger partial charge in [0.15, 0.2) is 0 Å². The Balaban J connectivity index is 1.84. The monoisotopic (exact) mass is 452 g/mol. The van der Waals surface area contributed by atoms with Gasteiger partial charge < -0.3 is 0 Å². The van der Waals surface area contributed by atoms with E-state index in [0.29, 0.717) is 23.7 Å². The zero-order chi connectivity index (χ0) is 23.3. The van der Waals surface area contributed by atoms with E-state index in [1.165, 1.54) is 37.9 Å². The Morgan fingerprint density at radius 2 is 1.31 bits per heavy atom. The van der Waals surface area contributed by atoms with Crippen molar-refractivity contribution in [1.29, 1.82) is 0 Å². The first-order chi connectivity index (χ1) is 15.0. The maximum Gasteiger partial charge on any atom is 0.00263 e. The van der Waals surface area contributed by atoms with E-state index in [4.69, 9.17) is 0 Å². The molecule has 178 valence electrons. The van der Waals surface area contributed by atoms with Crippen LogP contribution in [-0.2, 0) is 0 Å². The van der Waals surface area contributed by atoms with Gasteiger partial charge >= 0.3 is 0 Å². The van der Waals surface area contributed by atoms with E-state index in [2.05, 4.69) is 96.9 Å². The van der Waals surface area contributed by atoms with Gasteiger partial charge in [-0.15, -0.1) is 6.58 Å². The lowest BCUT2D eigenvalue weighted by Gasteiger charge is -2.52. The quantitative estimate of drug-likeness (QED) is 0.365. The van der Waals surface area contributed by atoms with Crippen molar-refractivity contribution in [2.75, 3.05) is 12.0 Å². The Kier molecular flexibility index (Phi) is 6.56. The summed E-state index contributed by atoms with van der Waals surface area (Å²) in [4.78, 5) is 0. The average molecular weight is 453 g/mol. The van der Waals surface area contributed by atoms with Gasteiger partial charge in [-0.1, -0.05) is 96.9 Å². The number of allylic oxidation sites excluding steroid dienone is 9. The molecule has 0 aromatic heterocycles. The second kappa shape index (κ2) is 8.68. The highest BCUT2D eigenvalue weighted by Gasteiger charge is 2.55. The van der Waals surface area contributed by atoms with E-state index in [0.717, 1.165) is 10.5 Å². The van der Waals surface area contributed by atoms with Gasteiger partial charge in [0.1, 0.15) is 0 Å². The van der Waals surface area contributed by atoms with Crippen LogP contribution in [0.3, 0.4) is 0 Å². The van der Waals surface area contributed by atoms with E-state index >= 15 is 0 Å². The fraction of sp³-hybridized carbons (Fsp3) is 0.677. The summed E-state index contributed by atoms with van der Waals surface area (Å²) in [5.74, 6) is 4.09. The predicted octanol–water partition coefficient (Wildman–Crippen LogP) is 8.87. The van der Waals surface area contributed by atoms with Crippen LogP contribution in [0, 0.1) is 34.5 Å². The van der Waals surface area contributed by atoms with Crippen molar-refractivity contribution >= 4 is 10.0 Å². The summed E-state index contributed by atoms with van der Waals surface area (Å²) in [5.41, 5.74) is 3.57. The maximum absolute atomic E-state index is 4.14. The molecule has 4 aliphatic rings. The largest absolute Gasteiger partial charge is 0.237 e. The normalized spacial score (nSPS) is 35.5. The number of rotatable bonds is 5. The highest BCUT2D eigenvalue weighted by molar-refractivity contribution is 8.34. The molecular formula is C31H48S. The molecule has 2 fully saturated rings. The molecule has 0 N–H and O–H groups in total. The van der Waals surface area contributed by atoms with Gasteiger partial charge in [-0.2, -0.15) is 0 Å². The Bertz CT molecular complexity index is 781. The molecule has 2 saturated carbocycles. The standard InChI is InChI=1S/C31H48S/c1-9-10-19-32(8,24-13-11-12-14-24)29-27-20-22(30(2,3)4)15-17-25(27)26-18-16-23(21-28(26)29)31(5,6)7/h9,15-18,20-21,24-29H,1,10-14,19H2,2-8H3. The Labute approximate surface area is 200 Å². The van der Waals surface area contributed by atoms with Crippen LogP contribution in [-0.4, -0.2) is 22.5 Å². The molecule has 5 unspecified atom stereocenters. The Hall–Kier alpha value is -0.950. The van der Waals surface area contributed by atoms with Crippen molar-refractivity contribution < 1.29 is 0 Å². The second-order valence-corrected chi connectivity index (χ2v) is 17.2. The molecule has 4 aliphatic carbocycles. The maximum atomic E-state index is 4.14. The summed E-state index contributed by atoms with van der Waals surface area (Å²) < 4.78 is 0. The molecule has 32 heavy (non-hydrogen) atoms. The smallest absolute Gasteiger partial charge is 0.00263 e. The van der Waals surface area contributed by atoms with Crippen LogP contribution in [0.2, 0.25) is 0 Å². The van der Waals surface area contributed by atoms with E-state index in [9.17, 15) is 0 Å². The minimum Gasteiger partial charge on any atom is -0.237 e. The summed E-state index contributed by atoms with van der Waals surface area (Å²) in [5, 5.41) is 1.74. The third kappa shape index (κ3) is 4.28. The van der Waals surface area contributed by atoms with E-state index in [1.807, 2.05) is 0 Å². The van der Waals surface area contributed by atoms with Gasteiger partial charge in [-0.25, -0.2) is 10.0 Å². The fourth-order valence-electron chi connectivity index (χ4n) is 7.10. The summed E-state index contributed by atoms with van der Waals surface area (Å²) in [7, 11) is -0.765.